The van der Waals surface area contributed by atoms with Gasteiger partial charge in [0.25, 0.3) is 17.4 Å². The lowest BCUT2D eigenvalue weighted by molar-refractivity contribution is -0.164. The number of benzene rings is 3. The van der Waals surface area contributed by atoms with Crippen molar-refractivity contribution in [1.29, 1.82) is 0 Å². The lowest BCUT2D eigenvalue weighted by Crippen LogP contribution is -2.60. The molecule has 21 nitrogen and oxygen atoms in total. The third kappa shape index (κ3) is 15.1. The van der Waals surface area contributed by atoms with Crippen molar-refractivity contribution in [1.82, 2.24) is 30.4 Å². The molecule has 0 unspecified atom stereocenters. The van der Waals surface area contributed by atoms with Crippen molar-refractivity contribution < 1.29 is 47.7 Å². The Labute approximate surface area is 432 Å². The first-order chi connectivity index (χ1) is 35.3. The summed E-state index contributed by atoms with van der Waals surface area (Å²) in [5.74, 6) is -3.08. The number of aromatic amines is 1. The highest BCUT2D eigenvalue weighted by Gasteiger charge is 2.51. The highest BCUT2D eigenvalue weighted by atomic mass is 32.2. The Morgan fingerprint density at radius 2 is 1.58 bits per heavy atom. The molecule has 4 N–H and O–H groups in total. The van der Waals surface area contributed by atoms with Crippen LogP contribution in [0.15, 0.2) is 93.7 Å². The van der Waals surface area contributed by atoms with Gasteiger partial charge in [-0.05, 0) is 87.7 Å². The number of esters is 2. The molecule has 4 amide bonds. The molecule has 6 rings (SSSR count). The predicted octanol–water partition coefficient (Wildman–Crippen LogP) is 4.67. The molecular formula is C52H63N9O12S. The van der Waals surface area contributed by atoms with Crippen LogP contribution in [0.1, 0.15) is 85.6 Å². The number of aromatic nitrogens is 2. The molecule has 0 bridgehead atoms. The standard InChI is InChI=1S/C52H63N9O12S/c1-31-14-10-11-19-36(31)26-55-49(67)47-52(5,6)74-30-61(47)50(68)46(38(24-35-17-8-7-9-18-35)56-41(63)29-71-45-32(2)15-12-16-33(45)3)73-44(65)21-13-20-40(62)54-23-22-43(64)70-28-39-37(58-59-53)25-42(72-39)60-27-34(4)48(66)57-51(60)69/h7-12,14-19,27,37-39,42,46-47H,13,20-26,28-30H2,1-6H3,(H,54,62)(H,55,67)(H,56,63)(H,57,66,69)/t37-,38-,39+,42+,46-,47+/m0/s1. The molecule has 3 aromatic carbocycles. The average Bonchev–Trinajstić information content (AvgIpc) is 3.92. The first kappa shape index (κ1) is 55.9. The molecule has 0 saturated carbocycles. The van der Waals surface area contributed by atoms with E-state index < -0.39 is 94.7 Å². The maximum Gasteiger partial charge on any atom is 0.330 e. The van der Waals surface area contributed by atoms with Gasteiger partial charge in [0.2, 0.25) is 17.9 Å². The van der Waals surface area contributed by atoms with Crippen LogP contribution in [-0.2, 0) is 55.9 Å². The summed E-state index contributed by atoms with van der Waals surface area (Å²) in [6.07, 6.45) is -2.65. The van der Waals surface area contributed by atoms with E-state index in [4.69, 9.17) is 24.5 Å². The average molecular weight is 1040 g/mol. The Hall–Kier alpha value is -7.42. The number of carbonyl (C=O) groups is 6. The molecule has 22 heteroatoms. The van der Waals surface area contributed by atoms with E-state index in [1.165, 1.54) is 34.3 Å². The Morgan fingerprint density at radius 3 is 2.30 bits per heavy atom. The summed E-state index contributed by atoms with van der Waals surface area (Å²) >= 11 is 1.39. The number of para-hydroxylation sites is 1. The summed E-state index contributed by atoms with van der Waals surface area (Å²) in [5, 5.41) is 12.2. The van der Waals surface area contributed by atoms with Crippen molar-refractivity contribution in [2.45, 2.75) is 128 Å². The van der Waals surface area contributed by atoms with Gasteiger partial charge < -0.3 is 39.8 Å². The summed E-state index contributed by atoms with van der Waals surface area (Å²) in [4.78, 5) is 113. The molecule has 0 spiro atoms. The van der Waals surface area contributed by atoms with Gasteiger partial charge in [-0.1, -0.05) is 77.9 Å². The zero-order valence-corrected chi connectivity index (χ0v) is 43.1. The van der Waals surface area contributed by atoms with E-state index in [2.05, 4.69) is 31.0 Å². The van der Waals surface area contributed by atoms with Crippen LogP contribution in [0, 0.1) is 27.7 Å². The number of H-pyrrole nitrogens is 1. The molecule has 6 atom stereocenters. The molecule has 2 aliphatic heterocycles. The topological polar surface area (TPSA) is 282 Å². The fraction of sp³-hybridized carbons (Fsp3) is 0.462. The van der Waals surface area contributed by atoms with Gasteiger partial charge in [-0.2, -0.15) is 0 Å². The highest BCUT2D eigenvalue weighted by Crippen LogP contribution is 2.40. The zero-order chi connectivity index (χ0) is 53.5. The molecule has 2 aliphatic rings. The smallest absolute Gasteiger partial charge is 0.330 e. The number of rotatable bonds is 23. The molecule has 74 heavy (non-hydrogen) atoms. The van der Waals surface area contributed by atoms with Crippen LogP contribution in [-0.4, -0.2) is 111 Å². The van der Waals surface area contributed by atoms with Crippen molar-refractivity contribution in [3.05, 3.63) is 144 Å². The van der Waals surface area contributed by atoms with Crippen molar-refractivity contribution in [2.75, 3.05) is 25.6 Å². The summed E-state index contributed by atoms with van der Waals surface area (Å²) < 4.78 is 23.6. The van der Waals surface area contributed by atoms with Crippen molar-refractivity contribution in [3.8, 4) is 5.75 Å². The van der Waals surface area contributed by atoms with E-state index in [1.54, 1.807) is 12.1 Å². The molecular weight excluding hydrogens is 975 g/mol. The largest absolute Gasteiger partial charge is 0.483 e. The van der Waals surface area contributed by atoms with Gasteiger partial charge >= 0.3 is 17.6 Å². The second-order valence-electron chi connectivity index (χ2n) is 18.8. The Bertz CT molecular complexity index is 2830. The monoisotopic (exact) mass is 1040 g/mol. The van der Waals surface area contributed by atoms with Crippen LogP contribution >= 0.6 is 11.8 Å². The number of thioether (sulfide) groups is 1. The van der Waals surface area contributed by atoms with Crippen LogP contribution in [0.5, 0.6) is 5.75 Å². The maximum atomic E-state index is 15.0. The summed E-state index contributed by atoms with van der Waals surface area (Å²) in [6.45, 7) is 10.3. The second kappa shape index (κ2) is 26.0. The van der Waals surface area contributed by atoms with Crippen molar-refractivity contribution in [3.63, 3.8) is 0 Å². The lowest BCUT2D eigenvalue weighted by atomic mass is 9.96. The van der Waals surface area contributed by atoms with Gasteiger partial charge in [0.1, 0.15) is 30.7 Å². The third-order valence-corrected chi connectivity index (χ3v) is 14.1. The highest BCUT2D eigenvalue weighted by molar-refractivity contribution is 8.00. The fourth-order valence-electron chi connectivity index (χ4n) is 8.74. The summed E-state index contributed by atoms with van der Waals surface area (Å²) in [5.41, 5.74) is 12.3. The van der Waals surface area contributed by atoms with Crippen LogP contribution in [0.4, 0.5) is 0 Å². The quantitative estimate of drug-likeness (QED) is 0.0341. The molecule has 4 aromatic rings. The maximum absolute atomic E-state index is 15.0. The molecule has 2 fully saturated rings. The van der Waals surface area contributed by atoms with Gasteiger partial charge in [0.15, 0.2) is 6.61 Å². The Kier molecular flexibility index (Phi) is 19.6. The van der Waals surface area contributed by atoms with Gasteiger partial charge in [0.05, 0.1) is 24.4 Å². The van der Waals surface area contributed by atoms with Crippen LogP contribution in [0.25, 0.3) is 10.4 Å². The second-order valence-corrected chi connectivity index (χ2v) is 20.4. The van der Waals surface area contributed by atoms with Crippen molar-refractivity contribution in [2.24, 2.45) is 5.11 Å². The van der Waals surface area contributed by atoms with E-state index in [1.807, 2.05) is 95.3 Å². The van der Waals surface area contributed by atoms with Gasteiger partial charge in [0, 0.05) is 53.8 Å². The number of hydrogen-bond donors (Lipinski definition) is 4. The SMILES string of the molecule is Cc1ccccc1CNC(=O)[C@H]1N(C(=O)[C@@H](OC(=O)CCCC(=O)NCCC(=O)OC[C@H]2O[C@@H](n3cc(C)c(=O)[nH]c3=O)C[C@@H]2N=[N+]=[N-])[C@H](Cc2ccccc2)NC(=O)COc2c(C)cccc2C)CSC1(C)C. The summed E-state index contributed by atoms with van der Waals surface area (Å²) in [7, 11) is 0. The number of azide groups is 1. The minimum absolute atomic E-state index is 0.00915. The Balaban J connectivity index is 1.09. The number of carbonyl (C=O) groups excluding carboxylic acids is 6. The number of nitrogens with one attached hydrogen (secondary N) is 4. The van der Waals surface area contributed by atoms with Gasteiger partial charge in [-0.15, -0.1) is 11.8 Å². The van der Waals surface area contributed by atoms with E-state index in [0.29, 0.717) is 5.75 Å². The molecule has 0 aliphatic carbocycles. The zero-order valence-electron chi connectivity index (χ0n) is 42.3. The number of ether oxygens (including phenoxy) is 4. The molecule has 394 valence electrons. The van der Waals surface area contributed by atoms with Crippen LogP contribution < -0.4 is 31.9 Å². The lowest BCUT2D eigenvalue weighted by Gasteiger charge is -2.35. The first-order valence-corrected chi connectivity index (χ1v) is 25.3. The van der Waals surface area contributed by atoms with Gasteiger partial charge in [-0.3, -0.25) is 43.1 Å². The number of aryl methyl sites for hydroxylation is 4. The van der Waals surface area contributed by atoms with E-state index in [0.717, 1.165) is 27.8 Å². The molecule has 2 saturated heterocycles. The Morgan fingerprint density at radius 1 is 0.878 bits per heavy atom. The number of hydrogen-bond acceptors (Lipinski definition) is 14. The van der Waals surface area contributed by atoms with E-state index in [-0.39, 0.29) is 69.7 Å². The molecule has 1 aromatic heterocycles. The third-order valence-electron chi connectivity index (χ3n) is 12.8. The van der Waals surface area contributed by atoms with Crippen LogP contribution in [0.3, 0.4) is 0 Å². The molecule has 0 radical (unpaired) electrons. The van der Waals surface area contributed by atoms with E-state index >= 15 is 4.79 Å². The normalized spacial score (nSPS) is 18.5. The minimum Gasteiger partial charge on any atom is -0.483 e. The summed E-state index contributed by atoms with van der Waals surface area (Å²) in [6, 6.07) is 19.4. The van der Waals surface area contributed by atoms with Crippen LogP contribution in [0.2, 0.25) is 0 Å². The number of amides is 4. The number of nitrogens with zero attached hydrogens (tertiary/aromatic N) is 5. The van der Waals surface area contributed by atoms with E-state index in [9.17, 15) is 33.6 Å². The molecule has 3 heterocycles. The first-order valence-electron chi connectivity index (χ1n) is 24.3. The fourth-order valence-corrected chi connectivity index (χ4v) is 9.88. The van der Waals surface area contributed by atoms with Crippen molar-refractivity contribution >= 4 is 47.3 Å². The minimum atomic E-state index is -1.62. The van der Waals surface area contributed by atoms with Gasteiger partial charge in [-0.25, -0.2) is 4.79 Å². The predicted molar refractivity (Wildman–Crippen MR) is 274 cm³/mol.